The lowest BCUT2D eigenvalue weighted by Crippen LogP contribution is -2.58. The van der Waals surface area contributed by atoms with Gasteiger partial charge in [-0.3, -0.25) is 19.2 Å². The molecular formula is C47H70N8O13. The Hall–Kier alpha value is -6.80. The average Bonchev–Trinajstić information content (AvgIpc) is 3.21. The number of hydrogen-bond donors (Lipinski definition) is 9. The Morgan fingerprint density at radius 1 is 0.735 bits per heavy atom. The molecular weight excluding hydrogens is 885 g/mol. The van der Waals surface area contributed by atoms with Crippen molar-refractivity contribution in [2.45, 2.75) is 142 Å². The summed E-state index contributed by atoms with van der Waals surface area (Å²) in [6, 6.07) is 7.13. The topological polar surface area (TPSA) is 292 Å². The average molecular weight is 955 g/mol. The molecule has 0 unspecified atom stereocenters. The van der Waals surface area contributed by atoms with Crippen LogP contribution in [0.3, 0.4) is 0 Å². The van der Waals surface area contributed by atoms with E-state index in [4.69, 9.17) is 19.3 Å². The Morgan fingerprint density at radius 2 is 1.34 bits per heavy atom. The van der Waals surface area contributed by atoms with Gasteiger partial charge in [0.1, 0.15) is 46.7 Å². The molecule has 4 bridgehead atoms. The van der Waals surface area contributed by atoms with Crippen molar-refractivity contribution in [2.24, 2.45) is 0 Å². The van der Waals surface area contributed by atoms with Crippen LogP contribution in [-0.2, 0) is 46.2 Å². The predicted octanol–water partition coefficient (Wildman–Crippen LogP) is 3.84. The Morgan fingerprint density at radius 3 is 1.99 bits per heavy atom. The quantitative estimate of drug-likeness (QED) is 0.0907. The van der Waals surface area contributed by atoms with Crippen LogP contribution in [-0.4, -0.2) is 137 Å². The van der Waals surface area contributed by atoms with Crippen LogP contribution < -0.4 is 37.2 Å². The first-order valence-electron chi connectivity index (χ1n) is 22.6. The molecule has 21 nitrogen and oxygen atoms in total. The molecule has 1 aliphatic heterocycles. The molecule has 0 spiro atoms. The Labute approximate surface area is 397 Å². The van der Waals surface area contributed by atoms with Gasteiger partial charge in [0, 0.05) is 46.1 Å². The summed E-state index contributed by atoms with van der Waals surface area (Å²) in [5.74, 6) is -2.79. The van der Waals surface area contributed by atoms with E-state index in [1.165, 1.54) is 18.0 Å². The van der Waals surface area contributed by atoms with E-state index in [2.05, 4.69) is 37.2 Å². The maximum Gasteiger partial charge on any atom is 0.408 e. The molecule has 376 valence electrons. The normalized spacial score (nSPS) is 17.1. The van der Waals surface area contributed by atoms with E-state index in [-0.39, 0.29) is 70.5 Å². The van der Waals surface area contributed by atoms with Gasteiger partial charge in [0.05, 0.1) is 0 Å². The van der Waals surface area contributed by atoms with Crippen molar-refractivity contribution >= 4 is 48.0 Å². The predicted molar refractivity (Wildman–Crippen MR) is 251 cm³/mol. The number of rotatable bonds is 15. The van der Waals surface area contributed by atoms with Crippen LogP contribution in [0.15, 0.2) is 42.5 Å². The lowest BCUT2D eigenvalue weighted by atomic mass is 9.95. The molecule has 0 saturated carbocycles. The lowest BCUT2D eigenvalue weighted by Gasteiger charge is -2.32. The second-order valence-corrected chi connectivity index (χ2v) is 19.4. The van der Waals surface area contributed by atoms with Crippen molar-refractivity contribution in [3.05, 3.63) is 53.6 Å². The molecule has 4 atom stereocenters. The first-order chi connectivity index (χ1) is 31.6. The van der Waals surface area contributed by atoms with Gasteiger partial charge in [-0.15, -0.1) is 0 Å². The van der Waals surface area contributed by atoms with Crippen molar-refractivity contribution < 1.29 is 62.8 Å². The number of nitrogens with one attached hydrogen (secondary N) is 7. The first-order valence-corrected chi connectivity index (χ1v) is 22.6. The zero-order valence-corrected chi connectivity index (χ0v) is 40.8. The molecule has 1 aliphatic rings. The number of aromatic hydroxyl groups is 1. The molecule has 2 aromatic carbocycles. The summed E-state index contributed by atoms with van der Waals surface area (Å²) in [6.07, 6.45) is -3.62. The number of amides is 8. The summed E-state index contributed by atoms with van der Waals surface area (Å²) in [4.78, 5) is 107. The number of likely N-dealkylation sites (N-methyl/N-ethyl adjacent to an activating group) is 1. The highest BCUT2D eigenvalue weighted by Crippen LogP contribution is 2.29. The smallest absolute Gasteiger partial charge is 0.408 e. The summed E-state index contributed by atoms with van der Waals surface area (Å²) in [5.41, 5.74) is -0.240. The summed E-state index contributed by atoms with van der Waals surface area (Å²) in [6.45, 7) is 15.0. The van der Waals surface area contributed by atoms with E-state index in [0.717, 1.165) is 0 Å². The number of benzene rings is 2. The number of phenolic OH excluding ortho intramolecular Hbond substituents is 1. The summed E-state index contributed by atoms with van der Waals surface area (Å²) >= 11 is 0. The summed E-state index contributed by atoms with van der Waals surface area (Å²) in [5, 5.41) is 38.0. The van der Waals surface area contributed by atoms with Gasteiger partial charge in [0.2, 0.25) is 23.6 Å². The van der Waals surface area contributed by atoms with Crippen LogP contribution in [0.4, 0.5) is 19.2 Å². The van der Waals surface area contributed by atoms with E-state index >= 15 is 0 Å². The maximum absolute atomic E-state index is 14.7. The van der Waals surface area contributed by atoms with Gasteiger partial charge >= 0.3 is 24.4 Å². The van der Waals surface area contributed by atoms with Gasteiger partial charge in [-0.25, -0.2) is 19.2 Å². The first kappa shape index (κ1) is 55.5. The van der Waals surface area contributed by atoms with Gasteiger partial charge in [0.15, 0.2) is 0 Å². The molecule has 2 aromatic rings. The van der Waals surface area contributed by atoms with E-state index in [1.54, 1.807) is 86.6 Å². The van der Waals surface area contributed by atoms with Crippen molar-refractivity contribution in [1.29, 1.82) is 0 Å². The van der Waals surface area contributed by atoms with Crippen LogP contribution >= 0.6 is 0 Å². The number of carbonyl (C=O) groups excluding carboxylic acids is 7. The molecule has 3 rings (SSSR count). The van der Waals surface area contributed by atoms with E-state index < -0.39 is 89.0 Å². The lowest BCUT2D eigenvalue weighted by molar-refractivity contribution is -0.142. The highest BCUT2D eigenvalue weighted by Gasteiger charge is 2.35. The zero-order chi connectivity index (χ0) is 51.0. The third-order valence-corrected chi connectivity index (χ3v) is 9.95. The minimum absolute atomic E-state index is 0.00610. The van der Waals surface area contributed by atoms with Gasteiger partial charge in [-0.1, -0.05) is 30.3 Å². The van der Waals surface area contributed by atoms with Crippen LogP contribution in [0.25, 0.3) is 11.1 Å². The van der Waals surface area contributed by atoms with Crippen molar-refractivity contribution in [1.82, 2.24) is 42.1 Å². The third kappa shape index (κ3) is 20.0. The molecule has 8 amide bonds. The number of fused-ring (bicyclic) bond motifs is 5. The fraction of sp³-hybridized carbons (Fsp3) is 0.574. The number of phenols is 1. The molecule has 0 fully saturated rings. The molecule has 21 heteroatoms. The second-order valence-electron chi connectivity index (χ2n) is 19.4. The Bertz CT molecular complexity index is 2110. The molecule has 9 N–H and O–H groups in total. The maximum atomic E-state index is 14.7. The van der Waals surface area contributed by atoms with E-state index in [9.17, 15) is 43.5 Å². The SMILES string of the molecule is CN1C(=O)[C@H](CCCNC(=O)OC(C)(C)C)NC(=O)[C@@H](NC(=O)OC(C)(C)C)Cc2cc(ccc2O)-c2cccc(c2)C[C@H]1C(=O)NCCC[C@H](NC(=O)OC(C)(C)C)C(=O)NCCNC(=O)O. The Balaban J connectivity index is 1.99. The number of carboxylic acid groups (broad SMARTS) is 1. The van der Waals surface area contributed by atoms with Gasteiger partial charge in [0.25, 0.3) is 0 Å². The molecule has 0 radical (unpaired) electrons. The third-order valence-electron chi connectivity index (χ3n) is 9.95. The minimum atomic E-state index is -1.36. The zero-order valence-electron chi connectivity index (χ0n) is 40.8. The number of hydrogen-bond acceptors (Lipinski definition) is 12. The summed E-state index contributed by atoms with van der Waals surface area (Å²) < 4.78 is 16.1. The van der Waals surface area contributed by atoms with E-state index in [0.29, 0.717) is 22.3 Å². The van der Waals surface area contributed by atoms with E-state index in [1.807, 2.05) is 12.1 Å². The minimum Gasteiger partial charge on any atom is -0.508 e. The van der Waals surface area contributed by atoms with Gasteiger partial charge < -0.3 is 66.5 Å². The largest absolute Gasteiger partial charge is 0.508 e. The Kier molecular flexibility index (Phi) is 20.3. The molecule has 1 heterocycles. The fourth-order valence-electron chi connectivity index (χ4n) is 6.89. The number of nitrogens with zero attached hydrogens (tertiary/aromatic N) is 1. The molecule has 68 heavy (non-hydrogen) atoms. The fourth-order valence-corrected chi connectivity index (χ4v) is 6.89. The second kappa shape index (κ2) is 24.8. The standard InChI is InChI=1S/C47H70N8O13/c1-45(2,3)66-42(63)51-21-13-17-33-40(60)55(10)35(39(59)48-20-12-16-32(53-43(64)67-46(4,5)6)37(57)49-22-23-50-41(61)62)25-28-14-11-15-29(24-28)30-18-19-36(56)31(26-30)27-34(38(58)52-33)54-44(65)68-47(7,8)9/h11,14-15,18-19,24,26,32-35,50,56H,12-13,16-17,20-23,25,27H2,1-10H3,(H,48,59)(H,49,57)(H,51,63)(H,52,58)(H,53,64)(H,54,65)(H,61,62)/t32-,33-,34-,35-/m0/s1. The highest BCUT2D eigenvalue weighted by molar-refractivity contribution is 5.94. The van der Waals surface area contributed by atoms with Crippen molar-refractivity contribution in [3.63, 3.8) is 0 Å². The van der Waals surface area contributed by atoms with Crippen LogP contribution in [0.1, 0.15) is 99.1 Å². The molecule has 0 aliphatic carbocycles. The van der Waals surface area contributed by atoms with Crippen LogP contribution in [0, 0.1) is 0 Å². The summed E-state index contributed by atoms with van der Waals surface area (Å²) in [7, 11) is 1.43. The molecule has 0 aromatic heterocycles. The van der Waals surface area contributed by atoms with Crippen LogP contribution in [0.2, 0.25) is 0 Å². The monoisotopic (exact) mass is 955 g/mol. The van der Waals surface area contributed by atoms with Crippen molar-refractivity contribution in [2.75, 3.05) is 33.2 Å². The number of alkyl carbamates (subject to hydrolysis) is 3. The van der Waals surface area contributed by atoms with Gasteiger partial charge in [-0.05, 0) is 122 Å². The number of ether oxygens (including phenoxy) is 3. The highest BCUT2D eigenvalue weighted by atomic mass is 16.6. The number of carbonyl (C=O) groups is 8. The van der Waals surface area contributed by atoms with Crippen molar-refractivity contribution in [3.8, 4) is 16.9 Å². The molecule has 0 saturated heterocycles. The van der Waals surface area contributed by atoms with Gasteiger partial charge in [-0.2, -0.15) is 0 Å². The van der Waals surface area contributed by atoms with Crippen LogP contribution in [0.5, 0.6) is 5.75 Å².